The minimum atomic E-state index is -0.455. The highest BCUT2D eigenvalue weighted by molar-refractivity contribution is 5.96. The molecule has 0 aliphatic carbocycles. The summed E-state index contributed by atoms with van der Waals surface area (Å²) in [4.78, 5) is 29.6. The van der Waals surface area contributed by atoms with Crippen LogP contribution < -0.4 is 5.32 Å². The number of amides is 2. The number of nitrogens with zero attached hydrogens (tertiary/aromatic N) is 3. The minimum absolute atomic E-state index is 0.0465. The van der Waals surface area contributed by atoms with E-state index in [0.717, 1.165) is 0 Å². The van der Waals surface area contributed by atoms with E-state index in [4.69, 9.17) is 4.52 Å². The van der Waals surface area contributed by atoms with Crippen molar-refractivity contribution in [2.75, 3.05) is 6.54 Å². The normalized spacial score (nSPS) is 23.6. The van der Waals surface area contributed by atoms with Gasteiger partial charge in [0.05, 0.1) is 0 Å². The smallest absolute Gasteiger partial charge is 0.245 e. The van der Waals surface area contributed by atoms with Gasteiger partial charge in [-0.2, -0.15) is 4.98 Å². The largest absolute Gasteiger partial charge is 0.343 e. The molecule has 0 saturated carbocycles. The highest BCUT2D eigenvalue weighted by Gasteiger charge is 2.36. The fourth-order valence-corrected chi connectivity index (χ4v) is 2.13. The average Bonchev–Trinajstić information content (AvgIpc) is 2.79. The number of hydrogen-bond acceptors (Lipinski definition) is 5. The molecule has 1 fully saturated rings. The predicted molar refractivity (Wildman–Crippen MR) is 66.1 cm³/mol. The van der Waals surface area contributed by atoms with Gasteiger partial charge in [-0.05, 0) is 13.3 Å². The van der Waals surface area contributed by atoms with Crippen molar-refractivity contribution in [3.63, 3.8) is 0 Å². The van der Waals surface area contributed by atoms with Crippen LogP contribution in [0.5, 0.6) is 0 Å². The summed E-state index contributed by atoms with van der Waals surface area (Å²) >= 11 is 0. The number of carbonyl (C=O) groups is 2. The molecule has 0 aromatic carbocycles. The van der Waals surface area contributed by atoms with Crippen LogP contribution in [0, 0.1) is 6.92 Å². The van der Waals surface area contributed by atoms with Crippen LogP contribution in [0.4, 0.5) is 0 Å². The molecule has 1 N–H and O–H groups in total. The lowest BCUT2D eigenvalue weighted by molar-refractivity contribution is -0.148. The van der Waals surface area contributed by atoms with E-state index < -0.39 is 12.1 Å². The van der Waals surface area contributed by atoms with E-state index in [1.54, 1.807) is 18.7 Å². The molecule has 0 bridgehead atoms. The summed E-state index contributed by atoms with van der Waals surface area (Å²) in [5.74, 6) is 0.888. The summed E-state index contributed by atoms with van der Waals surface area (Å²) in [6, 6.07) is -0.876. The second-order valence-electron chi connectivity index (χ2n) is 4.66. The van der Waals surface area contributed by atoms with E-state index in [9.17, 15) is 9.59 Å². The van der Waals surface area contributed by atoms with E-state index in [1.807, 2.05) is 6.92 Å². The molecule has 1 aliphatic rings. The van der Waals surface area contributed by atoms with Crippen molar-refractivity contribution in [1.29, 1.82) is 0 Å². The van der Waals surface area contributed by atoms with Gasteiger partial charge in [-0.15, -0.1) is 0 Å². The number of rotatable bonds is 4. The van der Waals surface area contributed by atoms with Crippen molar-refractivity contribution < 1.29 is 14.1 Å². The quantitative estimate of drug-likeness (QED) is 0.831. The van der Waals surface area contributed by atoms with Crippen molar-refractivity contribution in [3.8, 4) is 0 Å². The first-order chi connectivity index (χ1) is 9.02. The molecule has 2 heterocycles. The van der Waals surface area contributed by atoms with Crippen molar-refractivity contribution in [3.05, 3.63) is 11.7 Å². The van der Waals surface area contributed by atoms with Gasteiger partial charge in [0, 0.05) is 19.9 Å². The zero-order valence-electron chi connectivity index (χ0n) is 11.3. The van der Waals surface area contributed by atoms with Crippen LogP contribution in [-0.4, -0.2) is 45.5 Å². The van der Waals surface area contributed by atoms with E-state index in [-0.39, 0.29) is 11.8 Å². The van der Waals surface area contributed by atoms with Crippen molar-refractivity contribution in [1.82, 2.24) is 20.4 Å². The van der Waals surface area contributed by atoms with Gasteiger partial charge in [0.15, 0.2) is 5.82 Å². The molecule has 0 radical (unpaired) electrons. The Labute approximate surface area is 111 Å². The van der Waals surface area contributed by atoms with Gasteiger partial charge < -0.3 is 14.7 Å². The molecule has 104 valence electrons. The molecule has 7 heteroatoms. The Morgan fingerprint density at radius 3 is 2.74 bits per heavy atom. The average molecular weight is 266 g/mol. The molecule has 2 amide bonds. The summed E-state index contributed by atoms with van der Waals surface area (Å²) < 4.78 is 4.88. The third-order valence-electron chi connectivity index (χ3n) is 3.30. The first kappa shape index (κ1) is 13.5. The maximum atomic E-state index is 12.2. The van der Waals surface area contributed by atoms with Crippen LogP contribution in [0.3, 0.4) is 0 Å². The van der Waals surface area contributed by atoms with Crippen molar-refractivity contribution >= 4 is 11.8 Å². The summed E-state index contributed by atoms with van der Waals surface area (Å²) in [5, 5.41) is 6.50. The number of aryl methyl sites for hydroxylation is 1. The number of nitrogens with one attached hydrogen (secondary N) is 1. The van der Waals surface area contributed by atoms with Crippen LogP contribution in [0.25, 0.3) is 0 Å². The second kappa shape index (κ2) is 5.38. The predicted octanol–water partition coefficient (Wildman–Crippen LogP) is 0.0460. The van der Waals surface area contributed by atoms with Crippen LogP contribution in [-0.2, 0) is 16.0 Å². The topological polar surface area (TPSA) is 88.3 Å². The third-order valence-corrected chi connectivity index (χ3v) is 3.30. The molecule has 1 aromatic rings. The zero-order valence-corrected chi connectivity index (χ0v) is 11.3. The summed E-state index contributed by atoms with van der Waals surface area (Å²) in [6.45, 7) is 5.73. The number of piperazine rings is 1. The van der Waals surface area contributed by atoms with Crippen LogP contribution >= 0.6 is 0 Å². The Morgan fingerprint density at radius 1 is 1.42 bits per heavy atom. The SMILES string of the molecule is CCC1NC(=O)C(C)N(CCc2noc(C)n2)C1=O. The first-order valence-electron chi connectivity index (χ1n) is 6.43. The van der Waals surface area contributed by atoms with Gasteiger partial charge in [0.2, 0.25) is 17.7 Å². The van der Waals surface area contributed by atoms with E-state index in [0.29, 0.717) is 31.1 Å². The van der Waals surface area contributed by atoms with Gasteiger partial charge in [-0.25, -0.2) is 0 Å². The zero-order chi connectivity index (χ0) is 14.0. The molecule has 19 heavy (non-hydrogen) atoms. The van der Waals surface area contributed by atoms with Crippen LogP contribution in [0.15, 0.2) is 4.52 Å². The van der Waals surface area contributed by atoms with Gasteiger partial charge in [0.25, 0.3) is 0 Å². The third kappa shape index (κ3) is 2.74. The molecule has 7 nitrogen and oxygen atoms in total. The van der Waals surface area contributed by atoms with Gasteiger partial charge in [-0.1, -0.05) is 12.1 Å². The van der Waals surface area contributed by atoms with Gasteiger partial charge in [0.1, 0.15) is 12.1 Å². The number of aromatic nitrogens is 2. The molecule has 2 unspecified atom stereocenters. The molecule has 2 atom stereocenters. The molecule has 0 spiro atoms. The summed E-state index contributed by atoms with van der Waals surface area (Å²) in [5.41, 5.74) is 0. The number of hydrogen-bond donors (Lipinski definition) is 1. The Morgan fingerprint density at radius 2 is 2.16 bits per heavy atom. The maximum absolute atomic E-state index is 12.2. The summed E-state index contributed by atoms with van der Waals surface area (Å²) in [6.07, 6.45) is 1.08. The minimum Gasteiger partial charge on any atom is -0.343 e. The van der Waals surface area contributed by atoms with E-state index >= 15 is 0 Å². The Kier molecular flexibility index (Phi) is 3.82. The molecule has 2 rings (SSSR count). The lowest BCUT2D eigenvalue weighted by Crippen LogP contribution is -2.62. The highest BCUT2D eigenvalue weighted by Crippen LogP contribution is 2.12. The van der Waals surface area contributed by atoms with Crippen LogP contribution in [0.1, 0.15) is 32.0 Å². The van der Waals surface area contributed by atoms with Crippen LogP contribution in [0.2, 0.25) is 0 Å². The lowest BCUT2D eigenvalue weighted by Gasteiger charge is -2.36. The van der Waals surface area contributed by atoms with Crippen molar-refractivity contribution in [2.24, 2.45) is 0 Å². The highest BCUT2D eigenvalue weighted by atomic mass is 16.5. The lowest BCUT2D eigenvalue weighted by atomic mass is 10.1. The second-order valence-corrected chi connectivity index (χ2v) is 4.66. The molecule has 1 aliphatic heterocycles. The fraction of sp³-hybridized carbons (Fsp3) is 0.667. The maximum Gasteiger partial charge on any atom is 0.245 e. The molecule has 1 saturated heterocycles. The Bertz CT molecular complexity index is 485. The molecular formula is C12H18N4O3. The summed E-state index contributed by atoms with van der Waals surface area (Å²) in [7, 11) is 0. The van der Waals surface area contributed by atoms with E-state index in [2.05, 4.69) is 15.5 Å². The number of carbonyl (C=O) groups excluding carboxylic acids is 2. The molecule has 1 aromatic heterocycles. The van der Waals surface area contributed by atoms with Gasteiger partial charge in [-0.3, -0.25) is 9.59 Å². The van der Waals surface area contributed by atoms with E-state index in [1.165, 1.54) is 0 Å². The standard InChI is InChI=1S/C12H18N4O3/c1-4-9-12(18)16(7(2)11(17)14-9)6-5-10-13-8(3)19-15-10/h7,9H,4-6H2,1-3H3,(H,14,17). The molecular weight excluding hydrogens is 248 g/mol. The van der Waals surface area contributed by atoms with Gasteiger partial charge >= 0.3 is 0 Å². The fourth-order valence-electron chi connectivity index (χ4n) is 2.13. The first-order valence-corrected chi connectivity index (χ1v) is 6.43. The monoisotopic (exact) mass is 266 g/mol. The van der Waals surface area contributed by atoms with Crippen molar-refractivity contribution in [2.45, 2.75) is 45.7 Å². The Hall–Kier alpha value is -1.92. The Balaban J connectivity index is 2.03.